The molecule has 1 aromatic heterocycles. The fraction of sp³-hybridized carbons (Fsp3) is 0.357. The van der Waals surface area contributed by atoms with Gasteiger partial charge in [0.15, 0.2) is 0 Å². The molecule has 7 heteroatoms. The quantitative estimate of drug-likeness (QED) is 0.796. The van der Waals surface area contributed by atoms with E-state index in [1.165, 1.54) is 11.8 Å². The molecule has 0 aliphatic rings. The number of ether oxygens (including phenoxy) is 1. The van der Waals surface area contributed by atoms with Crippen LogP contribution in [0.5, 0.6) is 6.01 Å². The van der Waals surface area contributed by atoms with E-state index in [4.69, 9.17) is 4.74 Å². The molecule has 0 amide bonds. The molecule has 1 N–H and O–H groups in total. The van der Waals surface area contributed by atoms with Crippen LogP contribution in [0.2, 0.25) is 0 Å². The van der Waals surface area contributed by atoms with Gasteiger partial charge in [-0.25, -0.2) is 0 Å². The molecule has 0 saturated heterocycles. The van der Waals surface area contributed by atoms with Gasteiger partial charge in [0, 0.05) is 15.9 Å². The van der Waals surface area contributed by atoms with Crippen LogP contribution in [0.15, 0.2) is 38.8 Å². The molecule has 1 aromatic carbocycles. The minimum atomic E-state index is 0.351. The first-order valence-corrected chi connectivity index (χ1v) is 8.38. The third kappa shape index (κ3) is 5.17. The Morgan fingerprint density at radius 1 is 1.24 bits per heavy atom. The number of aromatic nitrogens is 3. The van der Waals surface area contributed by atoms with Crippen molar-refractivity contribution in [2.45, 2.75) is 30.3 Å². The second kappa shape index (κ2) is 8.19. The molecule has 0 aliphatic heterocycles. The lowest BCUT2D eigenvalue weighted by Gasteiger charge is -2.08. The van der Waals surface area contributed by atoms with Crippen molar-refractivity contribution < 1.29 is 4.74 Å². The van der Waals surface area contributed by atoms with Crippen LogP contribution < -0.4 is 10.1 Å². The fourth-order valence-electron chi connectivity index (χ4n) is 1.53. The number of nitrogens with zero attached hydrogens (tertiary/aromatic N) is 3. The van der Waals surface area contributed by atoms with E-state index in [-0.39, 0.29) is 0 Å². The molecule has 0 bridgehead atoms. The van der Waals surface area contributed by atoms with Crippen LogP contribution in [0, 0.1) is 0 Å². The number of benzene rings is 1. The number of nitrogens with one attached hydrogen (secondary N) is 1. The number of hydrogen-bond donors (Lipinski definition) is 1. The van der Waals surface area contributed by atoms with Crippen LogP contribution in [0.4, 0.5) is 5.95 Å². The lowest BCUT2D eigenvalue weighted by atomic mass is 10.4. The normalized spacial score (nSPS) is 10.4. The zero-order valence-electron chi connectivity index (χ0n) is 12.0. The monoisotopic (exact) mass is 368 g/mol. The van der Waals surface area contributed by atoms with Crippen molar-refractivity contribution in [1.82, 2.24) is 15.0 Å². The first kappa shape index (κ1) is 16.0. The third-order valence-electron chi connectivity index (χ3n) is 2.41. The van der Waals surface area contributed by atoms with E-state index in [1.54, 1.807) is 0 Å². The Morgan fingerprint density at radius 3 is 2.81 bits per heavy atom. The zero-order chi connectivity index (χ0) is 15.1. The molecule has 21 heavy (non-hydrogen) atoms. The minimum Gasteiger partial charge on any atom is -0.464 e. The summed E-state index contributed by atoms with van der Waals surface area (Å²) in [4.78, 5) is 14.0. The maximum Gasteiger partial charge on any atom is 0.322 e. The van der Waals surface area contributed by atoms with E-state index in [2.05, 4.69) is 43.1 Å². The van der Waals surface area contributed by atoms with Gasteiger partial charge in [-0.2, -0.15) is 15.0 Å². The smallest absolute Gasteiger partial charge is 0.322 e. The molecule has 0 fully saturated rings. The summed E-state index contributed by atoms with van der Waals surface area (Å²) in [5.41, 5.74) is 0. The van der Waals surface area contributed by atoms with E-state index >= 15 is 0 Å². The van der Waals surface area contributed by atoms with Gasteiger partial charge < -0.3 is 10.1 Å². The molecule has 0 aliphatic carbocycles. The van der Waals surface area contributed by atoms with Gasteiger partial charge >= 0.3 is 6.01 Å². The SMILES string of the molecule is CCCNc1nc(OCC)nc(Sc2cccc(Br)c2)n1. The molecular formula is C14H17BrN4OS. The predicted octanol–water partition coefficient (Wildman–Crippen LogP) is 4.01. The Kier molecular flexibility index (Phi) is 6.25. The van der Waals surface area contributed by atoms with Crippen molar-refractivity contribution in [3.05, 3.63) is 28.7 Å². The van der Waals surface area contributed by atoms with E-state index in [9.17, 15) is 0 Å². The van der Waals surface area contributed by atoms with Crippen molar-refractivity contribution in [3.63, 3.8) is 0 Å². The number of hydrogen-bond acceptors (Lipinski definition) is 6. The lowest BCUT2D eigenvalue weighted by molar-refractivity contribution is 0.308. The Balaban J connectivity index is 2.22. The second-order valence-electron chi connectivity index (χ2n) is 4.14. The van der Waals surface area contributed by atoms with Crippen LogP contribution in [-0.4, -0.2) is 28.1 Å². The molecule has 0 unspecified atom stereocenters. The predicted molar refractivity (Wildman–Crippen MR) is 88.0 cm³/mol. The molecule has 2 rings (SSSR count). The molecule has 5 nitrogen and oxygen atoms in total. The third-order valence-corrected chi connectivity index (χ3v) is 3.75. The highest BCUT2D eigenvalue weighted by atomic mass is 79.9. The molecule has 0 saturated carbocycles. The summed E-state index contributed by atoms with van der Waals surface area (Å²) >= 11 is 4.94. The highest BCUT2D eigenvalue weighted by molar-refractivity contribution is 9.10. The first-order chi connectivity index (χ1) is 10.2. The molecular weight excluding hydrogens is 352 g/mol. The summed E-state index contributed by atoms with van der Waals surface area (Å²) in [5, 5.41) is 3.78. The Hall–Kier alpha value is -1.34. The van der Waals surface area contributed by atoms with Crippen molar-refractivity contribution in [1.29, 1.82) is 0 Å². The average Bonchev–Trinajstić information content (AvgIpc) is 2.45. The van der Waals surface area contributed by atoms with Crippen LogP contribution in [0.3, 0.4) is 0 Å². The van der Waals surface area contributed by atoms with Crippen LogP contribution in [0.25, 0.3) is 0 Å². The first-order valence-electron chi connectivity index (χ1n) is 6.77. The van der Waals surface area contributed by atoms with Crippen molar-refractivity contribution in [3.8, 4) is 6.01 Å². The summed E-state index contributed by atoms with van der Waals surface area (Å²) < 4.78 is 6.43. The number of rotatable bonds is 7. The maximum absolute atomic E-state index is 5.40. The summed E-state index contributed by atoms with van der Waals surface area (Å²) in [6, 6.07) is 8.35. The molecule has 112 valence electrons. The van der Waals surface area contributed by atoms with Gasteiger partial charge in [0.05, 0.1) is 6.61 Å². The van der Waals surface area contributed by atoms with Crippen molar-refractivity contribution in [2.75, 3.05) is 18.5 Å². The Labute approximate surface area is 137 Å². The second-order valence-corrected chi connectivity index (χ2v) is 6.10. The van der Waals surface area contributed by atoms with Gasteiger partial charge in [-0.05, 0) is 43.3 Å². The Morgan fingerprint density at radius 2 is 2.10 bits per heavy atom. The standard InChI is InChI=1S/C14H17BrN4OS/c1-3-8-16-12-17-13(20-4-2)19-14(18-12)21-11-7-5-6-10(15)9-11/h5-7,9H,3-4,8H2,1-2H3,(H,16,17,18,19). The van der Waals surface area contributed by atoms with E-state index in [0.717, 1.165) is 22.3 Å². The zero-order valence-corrected chi connectivity index (χ0v) is 14.4. The summed E-state index contributed by atoms with van der Waals surface area (Å²) in [6.07, 6.45) is 1.00. The van der Waals surface area contributed by atoms with E-state index in [1.807, 2.05) is 31.2 Å². The topological polar surface area (TPSA) is 59.9 Å². The van der Waals surface area contributed by atoms with Crippen molar-refractivity contribution >= 4 is 33.6 Å². The minimum absolute atomic E-state index is 0.351. The molecule has 2 aromatic rings. The maximum atomic E-state index is 5.40. The highest BCUT2D eigenvalue weighted by Gasteiger charge is 2.09. The Bertz CT molecular complexity index is 597. The van der Waals surface area contributed by atoms with Gasteiger partial charge in [-0.3, -0.25) is 0 Å². The molecule has 0 spiro atoms. The summed E-state index contributed by atoms with van der Waals surface area (Å²) in [5.74, 6) is 0.549. The van der Waals surface area contributed by atoms with Crippen LogP contribution in [-0.2, 0) is 0 Å². The van der Waals surface area contributed by atoms with Gasteiger partial charge in [0.1, 0.15) is 0 Å². The van der Waals surface area contributed by atoms with Gasteiger partial charge in [0.2, 0.25) is 11.1 Å². The summed E-state index contributed by atoms with van der Waals surface area (Å²) in [6.45, 7) is 5.34. The van der Waals surface area contributed by atoms with Crippen molar-refractivity contribution in [2.24, 2.45) is 0 Å². The van der Waals surface area contributed by atoms with E-state index in [0.29, 0.717) is 23.7 Å². The van der Waals surface area contributed by atoms with Gasteiger partial charge in [0.25, 0.3) is 0 Å². The van der Waals surface area contributed by atoms with E-state index < -0.39 is 0 Å². The van der Waals surface area contributed by atoms with Crippen LogP contribution >= 0.6 is 27.7 Å². The molecule has 0 radical (unpaired) electrons. The summed E-state index contributed by atoms with van der Waals surface area (Å²) in [7, 11) is 0. The van der Waals surface area contributed by atoms with Gasteiger partial charge in [-0.15, -0.1) is 0 Å². The number of anilines is 1. The highest BCUT2D eigenvalue weighted by Crippen LogP contribution is 2.28. The fourth-order valence-corrected chi connectivity index (χ4v) is 2.88. The van der Waals surface area contributed by atoms with Gasteiger partial charge in [-0.1, -0.05) is 28.9 Å². The molecule has 0 atom stereocenters. The van der Waals surface area contributed by atoms with Crippen LogP contribution in [0.1, 0.15) is 20.3 Å². The largest absolute Gasteiger partial charge is 0.464 e. The lowest BCUT2D eigenvalue weighted by Crippen LogP contribution is -2.08. The number of halogens is 1. The molecule has 1 heterocycles. The average molecular weight is 369 g/mol.